The summed E-state index contributed by atoms with van der Waals surface area (Å²) in [7, 11) is -3.09. The first-order chi connectivity index (χ1) is 9.08. The van der Waals surface area contributed by atoms with Gasteiger partial charge in [-0.05, 0) is 25.8 Å². The van der Waals surface area contributed by atoms with E-state index in [4.69, 9.17) is 10.5 Å². The van der Waals surface area contributed by atoms with Crippen LogP contribution in [0.4, 0.5) is 0 Å². The Hall–Kier alpha value is -0.210. The summed E-state index contributed by atoms with van der Waals surface area (Å²) in [5.74, 6) is 0.250. The quantitative estimate of drug-likeness (QED) is 0.736. The first-order valence-electron chi connectivity index (χ1n) is 7.11. The summed E-state index contributed by atoms with van der Waals surface area (Å²) in [4.78, 5) is 2.27. The summed E-state index contributed by atoms with van der Waals surface area (Å²) in [5.41, 5.74) is 5.80. The van der Waals surface area contributed by atoms with Crippen molar-refractivity contribution in [1.29, 1.82) is 0 Å². The smallest absolute Gasteiger partial charge is 0.214 e. The number of ether oxygens (including phenoxy) is 1. The van der Waals surface area contributed by atoms with Gasteiger partial charge in [-0.3, -0.25) is 4.90 Å². The average molecular weight is 291 g/mol. The Labute approximate surface area is 115 Å². The summed E-state index contributed by atoms with van der Waals surface area (Å²) in [5, 5.41) is 0. The highest BCUT2D eigenvalue weighted by molar-refractivity contribution is 7.89. The van der Waals surface area contributed by atoms with Crippen LogP contribution in [0.15, 0.2) is 0 Å². The normalized spacial score (nSPS) is 24.7. The number of nitrogens with zero attached hydrogens (tertiary/aromatic N) is 2. The minimum Gasteiger partial charge on any atom is -0.379 e. The Kier molecular flexibility index (Phi) is 5.58. The van der Waals surface area contributed by atoms with Crippen LogP contribution < -0.4 is 5.73 Å². The molecule has 2 N–H and O–H groups in total. The van der Waals surface area contributed by atoms with E-state index < -0.39 is 10.0 Å². The van der Waals surface area contributed by atoms with E-state index in [0.29, 0.717) is 19.5 Å². The Balaban J connectivity index is 1.71. The number of sulfonamides is 1. The van der Waals surface area contributed by atoms with Gasteiger partial charge < -0.3 is 10.5 Å². The zero-order valence-electron chi connectivity index (χ0n) is 11.5. The third-order valence-electron chi connectivity index (χ3n) is 3.87. The van der Waals surface area contributed by atoms with Crippen molar-refractivity contribution >= 4 is 10.0 Å². The minimum atomic E-state index is -3.09. The van der Waals surface area contributed by atoms with Crippen molar-refractivity contribution in [3.05, 3.63) is 0 Å². The minimum absolute atomic E-state index is 0.166. The van der Waals surface area contributed by atoms with Gasteiger partial charge in [-0.2, -0.15) is 0 Å². The topological polar surface area (TPSA) is 75.9 Å². The number of morpholine rings is 1. The van der Waals surface area contributed by atoms with Crippen LogP contribution in [-0.2, 0) is 14.8 Å². The van der Waals surface area contributed by atoms with Crippen molar-refractivity contribution in [3.63, 3.8) is 0 Å². The lowest BCUT2D eigenvalue weighted by atomic mass is 10.1. The first-order valence-corrected chi connectivity index (χ1v) is 8.72. The molecule has 0 aromatic carbocycles. The molecule has 7 heteroatoms. The predicted octanol–water partition coefficient (Wildman–Crippen LogP) is -0.538. The van der Waals surface area contributed by atoms with Crippen molar-refractivity contribution in [2.45, 2.75) is 25.3 Å². The Bertz CT molecular complexity index is 360. The summed E-state index contributed by atoms with van der Waals surface area (Å²) in [6.45, 7) is 5.36. The molecule has 112 valence electrons. The fourth-order valence-electron chi connectivity index (χ4n) is 2.58. The van der Waals surface area contributed by atoms with Gasteiger partial charge in [-0.25, -0.2) is 12.7 Å². The molecule has 0 amide bonds. The molecule has 2 fully saturated rings. The zero-order chi connectivity index (χ0) is 13.7. The molecular formula is C12H25N3O3S. The van der Waals surface area contributed by atoms with Gasteiger partial charge in [0, 0.05) is 32.2 Å². The van der Waals surface area contributed by atoms with Gasteiger partial charge in [0.25, 0.3) is 0 Å². The molecule has 2 rings (SSSR count). The highest BCUT2D eigenvalue weighted by Gasteiger charge is 2.26. The molecule has 0 aromatic heterocycles. The fourth-order valence-corrected chi connectivity index (χ4v) is 4.10. The van der Waals surface area contributed by atoms with Gasteiger partial charge in [-0.1, -0.05) is 0 Å². The Morgan fingerprint density at radius 1 is 1.11 bits per heavy atom. The molecule has 2 saturated heterocycles. The first kappa shape index (κ1) is 15.2. The number of nitrogens with two attached hydrogens (primary N) is 1. The SMILES string of the molecule is NC1CCN(S(=O)(=O)CCCN2CCOCC2)CC1. The lowest BCUT2D eigenvalue weighted by molar-refractivity contribution is 0.0380. The van der Waals surface area contributed by atoms with E-state index in [1.165, 1.54) is 0 Å². The molecule has 19 heavy (non-hydrogen) atoms. The summed E-state index contributed by atoms with van der Waals surface area (Å²) in [6, 6.07) is 0.166. The van der Waals surface area contributed by atoms with Crippen molar-refractivity contribution < 1.29 is 13.2 Å². The number of piperidine rings is 1. The highest BCUT2D eigenvalue weighted by atomic mass is 32.2. The van der Waals surface area contributed by atoms with Crippen LogP contribution in [0.3, 0.4) is 0 Å². The average Bonchev–Trinajstić information content (AvgIpc) is 2.40. The van der Waals surface area contributed by atoms with E-state index >= 15 is 0 Å². The molecule has 0 aromatic rings. The van der Waals surface area contributed by atoms with E-state index in [0.717, 1.165) is 45.7 Å². The van der Waals surface area contributed by atoms with E-state index in [9.17, 15) is 8.42 Å². The van der Waals surface area contributed by atoms with Crippen molar-refractivity contribution in [3.8, 4) is 0 Å². The van der Waals surface area contributed by atoms with Crippen LogP contribution in [0.1, 0.15) is 19.3 Å². The molecule has 0 bridgehead atoms. The number of hydrogen-bond donors (Lipinski definition) is 1. The number of hydrogen-bond acceptors (Lipinski definition) is 5. The van der Waals surface area contributed by atoms with Gasteiger partial charge in [-0.15, -0.1) is 0 Å². The van der Waals surface area contributed by atoms with Gasteiger partial charge in [0.15, 0.2) is 0 Å². The van der Waals surface area contributed by atoms with E-state index in [2.05, 4.69) is 4.90 Å². The van der Waals surface area contributed by atoms with Crippen LogP contribution in [0.25, 0.3) is 0 Å². The molecule has 2 aliphatic heterocycles. The molecule has 0 aliphatic carbocycles. The van der Waals surface area contributed by atoms with Crippen LogP contribution in [0.5, 0.6) is 0 Å². The zero-order valence-corrected chi connectivity index (χ0v) is 12.3. The van der Waals surface area contributed by atoms with E-state index in [1.54, 1.807) is 4.31 Å². The molecular weight excluding hydrogens is 266 g/mol. The number of rotatable bonds is 5. The fraction of sp³-hybridized carbons (Fsp3) is 1.00. The second kappa shape index (κ2) is 6.99. The molecule has 0 spiro atoms. The summed E-state index contributed by atoms with van der Waals surface area (Å²) in [6.07, 6.45) is 2.26. The van der Waals surface area contributed by atoms with Gasteiger partial charge in [0.2, 0.25) is 10.0 Å². The molecule has 2 heterocycles. The second-order valence-electron chi connectivity index (χ2n) is 5.36. The van der Waals surface area contributed by atoms with Crippen LogP contribution >= 0.6 is 0 Å². The second-order valence-corrected chi connectivity index (χ2v) is 7.45. The third-order valence-corrected chi connectivity index (χ3v) is 5.83. The molecule has 0 unspecified atom stereocenters. The lowest BCUT2D eigenvalue weighted by Crippen LogP contribution is -2.44. The maximum atomic E-state index is 12.2. The summed E-state index contributed by atoms with van der Waals surface area (Å²) < 4.78 is 31.2. The van der Waals surface area contributed by atoms with Gasteiger partial charge >= 0.3 is 0 Å². The standard InChI is InChI=1S/C12H25N3O3S/c13-12-2-5-15(6-3-12)19(16,17)11-1-4-14-7-9-18-10-8-14/h12H,1-11,13H2. The van der Waals surface area contributed by atoms with Crippen LogP contribution in [-0.4, -0.2) is 75.4 Å². The molecule has 2 aliphatic rings. The molecule has 0 radical (unpaired) electrons. The highest BCUT2D eigenvalue weighted by Crippen LogP contribution is 2.14. The molecule has 0 saturated carbocycles. The van der Waals surface area contributed by atoms with Crippen LogP contribution in [0, 0.1) is 0 Å². The van der Waals surface area contributed by atoms with Gasteiger partial charge in [0.1, 0.15) is 0 Å². The van der Waals surface area contributed by atoms with Gasteiger partial charge in [0.05, 0.1) is 19.0 Å². The third kappa shape index (κ3) is 4.68. The maximum Gasteiger partial charge on any atom is 0.214 e. The van der Waals surface area contributed by atoms with E-state index in [-0.39, 0.29) is 11.8 Å². The Morgan fingerprint density at radius 2 is 1.74 bits per heavy atom. The molecule has 6 nitrogen and oxygen atoms in total. The largest absolute Gasteiger partial charge is 0.379 e. The monoisotopic (exact) mass is 291 g/mol. The lowest BCUT2D eigenvalue weighted by Gasteiger charge is -2.30. The van der Waals surface area contributed by atoms with Crippen molar-refractivity contribution in [2.24, 2.45) is 5.73 Å². The predicted molar refractivity (Wildman–Crippen MR) is 74.4 cm³/mol. The molecule has 0 atom stereocenters. The summed E-state index contributed by atoms with van der Waals surface area (Å²) >= 11 is 0. The van der Waals surface area contributed by atoms with Crippen molar-refractivity contribution in [2.75, 3.05) is 51.7 Å². The Morgan fingerprint density at radius 3 is 2.37 bits per heavy atom. The van der Waals surface area contributed by atoms with E-state index in [1.807, 2.05) is 0 Å². The van der Waals surface area contributed by atoms with Crippen LogP contribution in [0.2, 0.25) is 0 Å². The van der Waals surface area contributed by atoms with Crippen molar-refractivity contribution in [1.82, 2.24) is 9.21 Å². The maximum absolute atomic E-state index is 12.2.